The minimum Gasteiger partial charge on any atom is -0.240 e. The van der Waals surface area contributed by atoms with Gasteiger partial charge in [-0.25, -0.2) is 39.1 Å². The Balaban J connectivity index is 0.000000701. The van der Waals surface area contributed by atoms with Crippen molar-refractivity contribution in [2.24, 2.45) is 47.3 Å². The molecule has 8 heteroatoms. The van der Waals surface area contributed by atoms with Crippen LogP contribution in [-0.2, 0) is 39.1 Å². The molecule has 0 heterocycles. The van der Waals surface area contributed by atoms with Crippen molar-refractivity contribution in [1.29, 1.82) is 0 Å². The van der Waals surface area contributed by atoms with E-state index in [9.17, 15) is 0 Å². The van der Waals surface area contributed by atoms with Crippen molar-refractivity contribution in [3.63, 3.8) is 0 Å². The van der Waals surface area contributed by atoms with E-state index in [2.05, 4.69) is 61.8 Å². The molecule has 1 fully saturated rings. The lowest BCUT2D eigenvalue weighted by Gasteiger charge is -2.44. The molecule has 0 aromatic carbocycles. The van der Waals surface area contributed by atoms with Gasteiger partial charge >= 0.3 is 0 Å². The number of unbranched alkanes of at least 4 members (excludes halogenated alkanes) is 22. The number of hydrogen-bond donors (Lipinski definition) is 0. The highest BCUT2D eigenvalue weighted by Gasteiger charge is 2.38. The summed E-state index contributed by atoms with van der Waals surface area (Å²) in [6.07, 6.45) is 61.1. The molecule has 2 aliphatic rings. The van der Waals surface area contributed by atoms with Crippen molar-refractivity contribution in [3.8, 4) is 0 Å². The minimum absolute atomic E-state index is 0.636. The van der Waals surface area contributed by atoms with E-state index in [0.29, 0.717) is 25.0 Å². The predicted octanol–water partition coefficient (Wildman–Crippen LogP) is 19.3. The summed E-state index contributed by atoms with van der Waals surface area (Å²) in [7, 11) is 6.41. The van der Waals surface area contributed by atoms with E-state index in [1.165, 1.54) is 225 Å². The zero-order chi connectivity index (χ0) is 50.8. The quantitative estimate of drug-likeness (QED) is 0.0258. The molecular formula is C62H120O8. The first-order valence-electron chi connectivity index (χ1n) is 30.5. The number of rotatable bonds is 49. The molecule has 2 aliphatic carbocycles. The Kier molecular flexibility index (Phi) is 49.6. The van der Waals surface area contributed by atoms with Gasteiger partial charge in [-0.15, -0.1) is 0 Å². The first-order chi connectivity index (χ1) is 34.6. The maximum atomic E-state index is 5.40. The Morgan fingerprint density at radius 3 is 1.19 bits per heavy atom. The normalized spacial score (nSPS) is 22.5. The van der Waals surface area contributed by atoms with Crippen molar-refractivity contribution in [2.45, 2.75) is 272 Å². The Hall–Kier alpha value is -0.840. The van der Waals surface area contributed by atoms with Crippen LogP contribution >= 0.6 is 0 Å². The van der Waals surface area contributed by atoms with E-state index in [-0.39, 0.29) is 0 Å². The average molecular weight is 994 g/mol. The summed E-state index contributed by atoms with van der Waals surface area (Å²) in [5.74, 6) is 6.45. The van der Waals surface area contributed by atoms with Crippen LogP contribution in [0.15, 0.2) is 24.3 Å². The van der Waals surface area contributed by atoms with E-state index in [0.717, 1.165) is 68.0 Å². The summed E-state index contributed by atoms with van der Waals surface area (Å²) in [5, 5.41) is 0. The van der Waals surface area contributed by atoms with Crippen LogP contribution in [0.3, 0.4) is 0 Å². The van der Waals surface area contributed by atoms with Crippen LogP contribution in [-0.4, -0.2) is 54.9 Å². The molecule has 0 aromatic heterocycles. The largest absolute Gasteiger partial charge is 0.240 e. The summed E-state index contributed by atoms with van der Waals surface area (Å²) in [5.41, 5.74) is 0. The lowest BCUT2D eigenvalue weighted by atomic mass is 9.61. The Morgan fingerprint density at radius 2 is 0.700 bits per heavy atom. The number of hydrogen-bond acceptors (Lipinski definition) is 8. The van der Waals surface area contributed by atoms with Crippen LogP contribution in [0.2, 0.25) is 0 Å². The highest BCUT2D eigenvalue weighted by molar-refractivity contribution is 5.10. The fourth-order valence-electron chi connectivity index (χ4n) is 12.3. The molecule has 0 amide bonds. The van der Waals surface area contributed by atoms with E-state index >= 15 is 0 Å². The van der Waals surface area contributed by atoms with Crippen molar-refractivity contribution in [3.05, 3.63) is 24.3 Å². The smallest absolute Gasteiger partial charge is 0.0856 e. The molecule has 0 aromatic rings. The van der Waals surface area contributed by atoms with Crippen molar-refractivity contribution >= 4 is 0 Å². The lowest BCUT2D eigenvalue weighted by molar-refractivity contribution is -0.275. The maximum absolute atomic E-state index is 5.40. The van der Waals surface area contributed by atoms with Gasteiger partial charge in [0.1, 0.15) is 0 Å². The fourth-order valence-corrected chi connectivity index (χ4v) is 12.3. The standard InChI is InChI=1S/C32H60O4.C30H60O4/c1-5-7-9-15-21-29-25-26-30(22-16-13-11-12-14-19-27-35-33-3)32(24-18-20-28-36-34-4)31(29)23-17-10-8-6-2;1-5-7-9-15-19-27-22-23-28(20-16-13-11-12-14-18-25-33-31-3)30(24-26-34-32-4)29(27)21-17-10-8-6-2/h18,24-26,29-32H,5-17,19-23,27-28H2,1-4H3;27-30H,5-26H2,1-4H3/t29?,30-,31?,32?;27?,28-,29?,30?/m11/s1. The summed E-state index contributed by atoms with van der Waals surface area (Å²) < 4.78 is 0. The Labute approximate surface area is 435 Å². The molecule has 0 saturated heterocycles. The molecule has 0 bridgehead atoms. The molecule has 6 unspecified atom stereocenters. The van der Waals surface area contributed by atoms with Crippen LogP contribution in [0.1, 0.15) is 272 Å². The van der Waals surface area contributed by atoms with E-state index in [1.807, 2.05) is 0 Å². The molecule has 0 radical (unpaired) electrons. The third-order valence-corrected chi connectivity index (χ3v) is 16.2. The first-order valence-corrected chi connectivity index (χ1v) is 30.5. The molecule has 70 heavy (non-hydrogen) atoms. The third-order valence-electron chi connectivity index (χ3n) is 16.2. The van der Waals surface area contributed by atoms with Gasteiger partial charge in [0.05, 0.1) is 54.9 Å². The molecule has 8 atom stereocenters. The Bertz CT molecular complexity index is 1100. The molecule has 8 nitrogen and oxygen atoms in total. The van der Waals surface area contributed by atoms with E-state index < -0.39 is 0 Å². The highest BCUT2D eigenvalue weighted by atomic mass is 17.2. The monoisotopic (exact) mass is 993 g/mol. The van der Waals surface area contributed by atoms with Crippen molar-refractivity contribution < 1.29 is 39.1 Å². The van der Waals surface area contributed by atoms with Crippen LogP contribution in [0.4, 0.5) is 0 Å². The summed E-state index contributed by atoms with van der Waals surface area (Å²) in [6, 6.07) is 0. The summed E-state index contributed by atoms with van der Waals surface area (Å²) in [6.45, 7) is 12.1. The molecule has 1 saturated carbocycles. The van der Waals surface area contributed by atoms with Gasteiger partial charge < -0.3 is 0 Å². The average Bonchev–Trinajstić information content (AvgIpc) is 3.37. The number of allylic oxidation sites excluding steroid dienone is 3. The van der Waals surface area contributed by atoms with Gasteiger partial charge in [0.15, 0.2) is 0 Å². The van der Waals surface area contributed by atoms with Gasteiger partial charge in [-0.2, -0.15) is 0 Å². The summed E-state index contributed by atoms with van der Waals surface area (Å²) >= 11 is 0. The SMILES string of the molecule is CCCCCCC1C=C[C@@H](CCCCCCCCOOC)C(C=CCCOOC)C1CCCCCC.CCCCCCC1CC[C@@H](CCCCCCCCOOC)C(CCOOC)C1CCCCCC. The van der Waals surface area contributed by atoms with Gasteiger partial charge in [0.2, 0.25) is 0 Å². The zero-order valence-corrected chi connectivity index (χ0v) is 47.9. The van der Waals surface area contributed by atoms with Crippen LogP contribution in [0.5, 0.6) is 0 Å². The fraction of sp³-hybridized carbons (Fsp3) is 0.935. The second kappa shape index (κ2) is 51.6. The molecule has 416 valence electrons. The predicted molar refractivity (Wildman–Crippen MR) is 296 cm³/mol. The summed E-state index contributed by atoms with van der Waals surface area (Å²) in [4.78, 5) is 39.6. The maximum Gasteiger partial charge on any atom is 0.0856 e. The zero-order valence-electron chi connectivity index (χ0n) is 47.9. The van der Waals surface area contributed by atoms with E-state index in [1.54, 1.807) is 28.4 Å². The third kappa shape index (κ3) is 35.4. The topological polar surface area (TPSA) is 73.8 Å². The van der Waals surface area contributed by atoms with Crippen molar-refractivity contribution in [2.75, 3.05) is 54.9 Å². The highest BCUT2D eigenvalue weighted by Crippen LogP contribution is 2.47. The van der Waals surface area contributed by atoms with Crippen molar-refractivity contribution in [1.82, 2.24) is 0 Å². The van der Waals surface area contributed by atoms with Gasteiger partial charge in [-0.05, 0) is 112 Å². The molecular weight excluding hydrogens is 873 g/mol. The molecule has 0 aliphatic heterocycles. The molecule has 2 rings (SSSR count). The minimum atomic E-state index is 0.636. The second-order valence-electron chi connectivity index (χ2n) is 21.6. The van der Waals surface area contributed by atoms with Gasteiger partial charge in [-0.1, -0.05) is 232 Å². The van der Waals surface area contributed by atoms with Gasteiger partial charge in [0, 0.05) is 0 Å². The van der Waals surface area contributed by atoms with Crippen LogP contribution < -0.4 is 0 Å². The Morgan fingerprint density at radius 1 is 0.343 bits per heavy atom. The second-order valence-corrected chi connectivity index (χ2v) is 21.6. The lowest BCUT2D eigenvalue weighted by Crippen LogP contribution is -2.36. The molecule has 0 spiro atoms. The van der Waals surface area contributed by atoms with Gasteiger partial charge in [-0.3, -0.25) is 0 Å². The van der Waals surface area contributed by atoms with Crippen LogP contribution in [0, 0.1) is 47.3 Å². The first kappa shape index (κ1) is 67.2. The van der Waals surface area contributed by atoms with Gasteiger partial charge in [0.25, 0.3) is 0 Å². The van der Waals surface area contributed by atoms with Crippen LogP contribution in [0.25, 0.3) is 0 Å². The van der Waals surface area contributed by atoms with E-state index in [4.69, 9.17) is 29.3 Å². The molecule has 0 N–H and O–H groups in total.